The quantitative estimate of drug-likeness (QED) is 0.145. The summed E-state index contributed by atoms with van der Waals surface area (Å²) in [6.45, 7) is 11.4. The zero-order valence-electron chi connectivity index (χ0n) is 24.3. The van der Waals surface area contributed by atoms with Gasteiger partial charge in [-0.05, 0) is 122 Å². The van der Waals surface area contributed by atoms with Gasteiger partial charge in [-0.25, -0.2) is 8.78 Å². The summed E-state index contributed by atoms with van der Waals surface area (Å²) in [5, 5.41) is 0. The van der Waals surface area contributed by atoms with Crippen LogP contribution < -0.4 is 0 Å². The van der Waals surface area contributed by atoms with Crippen molar-refractivity contribution in [3.8, 4) is 11.1 Å². The first-order chi connectivity index (χ1) is 18.7. The van der Waals surface area contributed by atoms with E-state index in [4.69, 9.17) is 0 Å². The van der Waals surface area contributed by atoms with E-state index in [2.05, 4.69) is 56.8 Å². The molecule has 3 rings (SSSR count). The summed E-state index contributed by atoms with van der Waals surface area (Å²) in [6, 6.07) is 18.7. The highest BCUT2D eigenvalue weighted by molar-refractivity contribution is 5.68. The fourth-order valence-electron chi connectivity index (χ4n) is 5.02. The fraction of sp³-hybridized carbons (Fsp3) is 0.351. The molecule has 0 aromatic heterocycles. The van der Waals surface area contributed by atoms with Gasteiger partial charge in [0.25, 0.3) is 0 Å². The lowest BCUT2D eigenvalue weighted by molar-refractivity contribution is 0.579. The summed E-state index contributed by atoms with van der Waals surface area (Å²) in [6.07, 6.45) is 16.3. The van der Waals surface area contributed by atoms with Crippen molar-refractivity contribution in [2.75, 3.05) is 0 Å². The van der Waals surface area contributed by atoms with Gasteiger partial charge in [0.05, 0.1) is 0 Å². The Labute approximate surface area is 235 Å². The fourth-order valence-corrected chi connectivity index (χ4v) is 5.02. The molecule has 0 aliphatic heterocycles. The van der Waals surface area contributed by atoms with Crippen LogP contribution in [0, 0.1) is 26.6 Å². The van der Waals surface area contributed by atoms with Crippen LogP contribution in [0.2, 0.25) is 0 Å². The maximum absolute atomic E-state index is 13.6. The van der Waals surface area contributed by atoms with Gasteiger partial charge < -0.3 is 0 Å². The van der Waals surface area contributed by atoms with E-state index in [9.17, 15) is 8.78 Å². The van der Waals surface area contributed by atoms with Gasteiger partial charge in [0.15, 0.2) is 0 Å². The molecule has 0 fully saturated rings. The Bertz CT molecular complexity index is 1310. The zero-order chi connectivity index (χ0) is 28.2. The average Bonchev–Trinajstić information content (AvgIpc) is 2.90. The van der Waals surface area contributed by atoms with E-state index in [1.807, 2.05) is 25.1 Å². The standard InChI is InChI=1S/C37H44F2/c1-27(2)36(38)17-13-16-33-20-18-31(24-28(33)3)14-11-9-7-6-8-10-12-15-32-19-22-35(29(4)25-32)34-21-23-37(39)30(5)26-34/h13,16-26H,1,6-12,14-15H2,2-5H3/b16-13+,36-17+. The second kappa shape index (κ2) is 15.4. The Hall–Kier alpha value is -3.26. The lowest BCUT2D eigenvalue weighted by Crippen LogP contribution is -1.92. The Morgan fingerprint density at radius 2 is 1.31 bits per heavy atom. The molecule has 206 valence electrons. The molecule has 2 heteroatoms. The molecule has 39 heavy (non-hydrogen) atoms. The van der Waals surface area contributed by atoms with Crippen LogP contribution in [0.25, 0.3) is 17.2 Å². The molecule has 0 amide bonds. The van der Waals surface area contributed by atoms with Crippen molar-refractivity contribution in [3.05, 3.63) is 124 Å². The van der Waals surface area contributed by atoms with Crippen LogP contribution in [0.5, 0.6) is 0 Å². The van der Waals surface area contributed by atoms with E-state index < -0.39 is 0 Å². The second-order valence-electron chi connectivity index (χ2n) is 10.9. The average molecular weight is 527 g/mol. The predicted octanol–water partition coefficient (Wildman–Crippen LogP) is 11.4. The summed E-state index contributed by atoms with van der Waals surface area (Å²) >= 11 is 0. The molecule has 0 saturated carbocycles. The van der Waals surface area contributed by atoms with Crippen molar-refractivity contribution < 1.29 is 8.78 Å². The molecule has 3 aromatic rings. The summed E-state index contributed by atoms with van der Waals surface area (Å²) in [5.41, 5.74) is 9.79. The van der Waals surface area contributed by atoms with Crippen molar-refractivity contribution in [3.63, 3.8) is 0 Å². The van der Waals surface area contributed by atoms with Crippen LogP contribution in [0.15, 0.2) is 84.7 Å². The number of hydrogen-bond acceptors (Lipinski definition) is 0. The first-order valence-corrected chi connectivity index (χ1v) is 14.4. The minimum absolute atomic E-state index is 0.148. The van der Waals surface area contributed by atoms with Crippen LogP contribution in [-0.2, 0) is 12.8 Å². The van der Waals surface area contributed by atoms with E-state index >= 15 is 0 Å². The van der Waals surface area contributed by atoms with Gasteiger partial charge >= 0.3 is 0 Å². The van der Waals surface area contributed by atoms with Crippen LogP contribution in [0.1, 0.15) is 85.3 Å². The van der Waals surface area contributed by atoms with Gasteiger partial charge in [-0.15, -0.1) is 0 Å². The van der Waals surface area contributed by atoms with E-state index in [0.717, 1.165) is 24.0 Å². The van der Waals surface area contributed by atoms with Crippen molar-refractivity contribution in [1.82, 2.24) is 0 Å². The molecule has 0 spiro atoms. The van der Waals surface area contributed by atoms with Crippen molar-refractivity contribution in [2.45, 2.75) is 85.5 Å². The highest BCUT2D eigenvalue weighted by atomic mass is 19.1. The monoisotopic (exact) mass is 526 g/mol. The summed E-state index contributed by atoms with van der Waals surface area (Å²) in [7, 11) is 0. The molecule has 0 N–H and O–H groups in total. The number of benzene rings is 3. The van der Waals surface area contributed by atoms with Gasteiger partial charge in [0.2, 0.25) is 0 Å². The van der Waals surface area contributed by atoms with Crippen molar-refractivity contribution >= 4 is 6.08 Å². The van der Waals surface area contributed by atoms with Crippen molar-refractivity contribution in [1.29, 1.82) is 0 Å². The van der Waals surface area contributed by atoms with E-state index in [-0.39, 0.29) is 11.6 Å². The predicted molar refractivity (Wildman–Crippen MR) is 165 cm³/mol. The first-order valence-electron chi connectivity index (χ1n) is 14.4. The van der Waals surface area contributed by atoms with Crippen LogP contribution >= 0.6 is 0 Å². The lowest BCUT2D eigenvalue weighted by atomic mass is 9.95. The zero-order valence-corrected chi connectivity index (χ0v) is 24.3. The number of rotatable bonds is 14. The smallest absolute Gasteiger partial charge is 0.126 e. The van der Waals surface area contributed by atoms with Crippen molar-refractivity contribution in [2.24, 2.45) is 0 Å². The number of unbranched alkanes of at least 4 members (excludes halogenated alkanes) is 6. The van der Waals surface area contributed by atoms with Gasteiger partial charge in [0, 0.05) is 0 Å². The summed E-state index contributed by atoms with van der Waals surface area (Å²) in [5.74, 6) is -0.426. The highest BCUT2D eigenvalue weighted by Gasteiger charge is 2.06. The molecule has 0 saturated heterocycles. The molecule has 0 bridgehead atoms. The Balaban J connectivity index is 1.30. The maximum Gasteiger partial charge on any atom is 0.126 e. The largest absolute Gasteiger partial charge is 0.207 e. The third-order valence-corrected chi connectivity index (χ3v) is 7.45. The van der Waals surface area contributed by atoms with E-state index in [1.165, 1.54) is 78.8 Å². The maximum atomic E-state index is 13.6. The SMILES string of the molecule is C=C(C)/C(F)=C\C=C\c1ccc(CCCCCCCCCc2ccc(-c3ccc(F)c(C)c3)c(C)c2)cc1C. The van der Waals surface area contributed by atoms with Gasteiger partial charge in [-0.1, -0.05) is 93.3 Å². The minimum Gasteiger partial charge on any atom is -0.207 e. The summed E-state index contributed by atoms with van der Waals surface area (Å²) < 4.78 is 27.2. The normalized spacial score (nSPS) is 11.9. The third kappa shape index (κ3) is 9.77. The van der Waals surface area contributed by atoms with Gasteiger partial charge in [0.1, 0.15) is 11.6 Å². The second-order valence-corrected chi connectivity index (χ2v) is 10.9. The molecule has 0 radical (unpaired) electrons. The van der Waals surface area contributed by atoms with Gasteiger partial charge in [-0.3, -0.25) is 0 Å². The number of hydrogen-bond donors (Lipinski definition) is 0. The molecule has 0 aliphatic rings. The third-order valence-electron chi connectivity index (χ3n) is 7.45. The molecule has 0 aliphatic carbocycles. The molecule has 3 aromatic carbocycles. The molecule has 0 heterocycles. The molecule has 0 atom stereocenters. The van der Waals surface area contributed by atoms with Crippen LogP contribution in [0.4, 0.5) is 8.78 Å². The molecular formula is C37H44F2. The number of aryl methyl sites for hydroxylation is 5. The molecular weight excluding hydrogens is 482 g/mol. The lowest BCUT2D eigenvalue weighted by Gasteiger charge is -2.10. The molecule has 0 unspecified atom stereocenters. The van der Waals surface area contributed by atoms with E-state index in [1.54, 1.807) is 19.1 Å². The van der Waals surface area contributed by atoms with Gasteiger partial charge in [-0.2, -0.15) is 0 Å². The molecule has 0 nitrogen and oxygen atoms in total. The minimum atomic E-state index is -0.278. The Kier molecular flexibility index (Phi) is 11.9. The van der Waals surface area contributed by atoms with E-state index in [0.29, 0.717) is 11.1 Å². The Morgan fingerprint density at radius 1 is 0.718 bits per heavy atom. The number of halogens is 2. The summed E-state index contributed by atoms with van der Waals surface area (Å²) in [4.78, 5) is 0. The first kappa shape index (κ1) is 30.3. The van der Waals surface area contributed by atoms with Crippen LogP contribution in [0.3, 0.4) is 0 Å². The number of allylic oxidation sites excluding steroid dienone is 4. The topological polar surface area (TPSA) is 0 Å². The van der Waals surface area contributed by atoms with Crippen LogP contribution in [-0.4, -0.2) is 0 Å². The Morgan fingerprint density at radius 3 is 1.87 bits per heavy atom. The highest BCUT2D eigenvalue weighted by Crippen LogP contribution is 2.27.